The second-order valence-corrected chi connectivity index (χ2v) is 4.90. The number of aliphatic carboxylic acids is 1. The molecule has 1 aromatic rings. The van der Waals surface area contributed by atoms with Crippen LogP contribution in [-0.4, -0.2) is 28.0 Å². The fourth-order valence-corrected chi connectivity index (χ4v) is 1.74. The predicted octanol–water partition coefficient (Wildman–Crippen LogP) is 1.87. The number of amides is 1. The molecule has 0 bridgehead atoms. The minimum atomic E-state index is -1.02. The molecule has 0 unspecified atom stereocenters. The van der Waals surface area contributed by atoms with E-state index >= 15 is 0 Å². The summed E-state index contributed by atoms with van der Waals surface area (Å²) in [5.74, 6) is -1.27. The molecular formula is C14H20N2O3. The van der Waals surface area contributed by atoms with Crippen LogP contribution in [0.2, 0.25) is 0 Å². The van der Waals surface area contributed by atoms with E-state index in [1.807, 2.05) is 26.8 Å². The summed E-state index contributed by atoms with van der Waals surface area (Å²) in [4.78, 5) is 27.0. The smallest absolute Gasteiger partial charge is 0.326 e. The van der Waals surface area contributed by atoms with Crippen LogP contribution in [0.4, 0.5) is 0 Å². The molecule has 0 saturated heterocycles. The zero-order valence-corrected chi connectivity index (χ0v) is 11.5. The summed E-state index contributed by atoms with van der Waals surface area (Å²) in [5, 5.41) is 11.6. The Morgan fingerprint density at radius 3 is 2.63 bits per heavy atom. The third-order valence-electron chi connectivity index (χ3n) is 2.78. The van der Waals surface area contributed by atoms with Crippen LogP contribution < -0.4 is 5.32 Å². The maximum absolute atomic E-state index is 12.0. The van der Waals surface area contributed by atoms with Gasteiger partial charge in [0.25, 0.3) is 5.91 Å². The number of nitrogens with one attached hydrogen (secondary N) is 1. The van der Waals surface area contributed by atoms with Crippen molar-refractivity contribution in [2.45, 2.75) is 39.7 Å². The molecule has 5 heteroatoms. The molecule has 0 fully saturated rings. The van der Waals surface area contributed by atoms with E-state index in [1.165, 1.54) is 0 Å². The lowest BCUT2D eigenvalue weighted by molar-refractivity contribution is -0.139. The zero-order chi connectivity index (χ0) is 14.4. The van der Waals surface area contributed by atoms with Crippen molar-refractivity contribution in [3.05, 3.63) is 29.6 Å². The summed E-state index contributed by atoms with van der Waals surface area (Å²) in [6.07, 6.45) is 2.76. The number of aromatic nitrogens is 1. The lowest BCUT2D eigenvalue weighted by Gasteiger charge is -2.16. The normalized spacial score (nSPS) is 12.2. The summed E-state index contributed by atoms with van der Waals surface area (Å²) >= 11 is 0. The molecule has 0 saturated carbocycles. The summed E-state index contributed by atoms with van der Waals surface area (Å²) in [6, 6.07) is 2.64. The topological polar surface area (TPSA) is 79.3 Å². The number of pyridine rings is 1. The molecule has 0 aliphatic heterocycles. The van der Waals surface area contributed by atoms with Gasteiger partial charge in [0.1, 0.15) is 11.7 Å². The van der Waals surface area contributed by atoms with E-state index in [1.54, 1.807) is 12.3 Å². The van der Waals surface area contributed by atoms with Crippen molar-refractivity contribution in [3.63, 3.8) is 0 Å². The average molecular weight is 264 g/mol. The van der Waals surface area contributed by atoms with Crippen LogP contribution in [0.5, 0.6) is 0 Å². The van der Waals surface area contributed by atoms with E-state index in [4.69, 9.17) is 5.11 Å². The van der Waals surface area contributed by atoms with Crippen molar-refractivity contribution in [2.75, 3.05) is 0 Å². The van der Waals surface area contributed by atoms with Crippen LogP contribution in [0.3, 0.4) is 0 Å². The molecule has 0 aromatic carbocycles. The Balaban J connectivity index is 2.78. The Morgan fingerprint density at radius 2 is 2.11 bits per heavy atom. The summed E-state index contributed by atoms with van der Waals surface area (Å²) < 4.78 is 0. The Bertz CT molecular complexity index is 458. The summed E-state index contributed by atoms with van der Waals surface area (Å²) in [6.45, 7) is 5.81. The van der Waals surface area contributed by atoms with Gasteiger partial charge in [-0.1, -0.05) is 20.8 Å². The van der Waals surface area contributed by atoms with Gasteiger partial charge in [0.15, 0.2) is 0 Å². The van der Waals surface area contributed by atoms with Crippen LogP contribution in [-0.2, 0) is 11.2 Å². The molecule has 2 N–H and O–H groups in total. The average Bonchev–Trinajstić information content (AvgIpc) is 2.37. The van der Waals surface area contributed by atoms with Crippen molar-refractivity contribution in [1.82, 2.24) is 10.3 Å². The van der Waals surface area contributed by atoms with Gasteiger partial charge in [0.05, 0.1) is 0 Å². The first-order valence-electron chi connectivity index (χ1n) is 6.42. The largest absolute Gasteiger partial charge is 0.480 e. The second-order valence-electron chi connectivity index (χ2n) is 4.90. The number of hydrogen-bond donors (Lipinski definition) is 2. The number of nitrogens with zero attached hydrogens (tertiary/aromatic N) is 1. The van der Waals surface area contributed by atoms with Gasteiger partial charge in [0.2, 0.25) is 0 Å². The highest BCUT2D eigenvalue weighted by Gasteiger charge is 2.22. The molecule has 1 amide bonds. The maximum atomic E-state index is 12.0. The third-order valence-corrected chi connectivity index (χ3v) is 2.78. The number of carbonyl (C=O) groups is 2. The Kier molecular flexibility index (Phi) is 5.48. The Labute approximate surface area is 113 Å². The summed E-state index contributed by atoms with van der Waals surface area (Å²) in [7, 11) is 0. The molecule has 1 atom stereocenters. The quantitative estimate of drug-likeness (QED) is 0.822. The van der Waals surface area contributed by atoms with Crippen molar-refractivity contribution >= 4 is 11.9 Å². The number of hydrogen-bond acceptors (Lipinski definition) is 3. The van der Waals surface area contributed by atoms with E-state index in [-0.39, 0.29) is 11.6 Å². The highest BCUT2D eigenvalue weighted by molar-refractivity contribution is 5.95. The van der Waals surface area contributed by atoms with Gasteiger partial charge in [-0.05, 0) is 36.5 Å². The molecule has 0 radical (unpaired) electrons. The molecule has 0 aliphatic rings. The SMILES string of the molecule is CCc1ccnc(C(=O)N[C@@H](CC(C)C)C(=O)O)c1. The zero-order valence-electron chi connectivity index (χ0n) is 11.5. The first-order valence-corrected chi connectivity index (χ1v) is 6.42. The fraction of sp³-hybridized carbons (Fsp3) is 0.500. The number of rotatable bonds is 6. The van der Waals surface area contributed by atoms with Crippen LogP contribution in [0.15, 0.2) is 18.3 Å². The third kappa shape index (κ3) is 4.69. The minimum absolute atomic E-state index is 0.191. The van der Waals surface area contributed by atoms with Crippen LogP contribution >= 0.6 is 0 Å². The van der Waals surface area contributed by atoms with E-state index in [2.05, 4.69) is 10.3 Å². The number of carbonyl (C=O) groups excluding carboxylic acids is 1. The van der Waals surface area contributed by atoms with Crippen LogP contribution in [0.25, 0.3) is 0 Å². The van der Waals surface area contributed by atoms with Gasteiger partial charge in [-0.25, -0.2) is 4.79 Å². The van der Waals surface area contributed by atoms with Crippen molar-refractivity contribution in [2.24, 2.45) is 5.92 Å². The van der Waals surface area contributed by atoms with E-state index in [0.29, 0.717) is 6.42 Å². The molecule has 1 aromatic heterocycles. The molecule has 19 heavy (non-hydrogen) atoms. The minimum Gasteiger partial charge on any atom is -0.480 e. The van der Waals surface area contributed by atoms with Crippen molar-refractivity contribution in [3.8, 4) is 0 Å². The standard InChI is InChI=1S/C14H20N2O3/c1-4-10-5-6-15-11(8-10)13(17)16-12(14(18)19)7-9(2)3/h5-6,8-9,12H,4,7H2,1-3H3,(H,16,17)(H,18,19)/t12-/m0/s1. The summed E-state index contributed by atoms with van der Waals surface area (Å²) in [5.41, 5.74) is 1.25. The van der Waals surface area contributed by atoms with Crippen LogP contribution in [0.1, 0.15) is 43.2 Å². The van der Waals surface area contributed by atoms with E-state index < -0.39 is 17.9 Å². The fourth-order valence-electron chi connectivity index (χ4n) is 1.74. The Hall–Kier alpha value is -1.91. The molecule has 0 aliphatic carbocycles. The van der Waals surface area contributed by atoms with Gasteiger partial charge >= 0.3 is 5.97 Å². The molecule has 1 heterocycles. The van der Waals surface area contributed by atoms with Gasteiger partial charge in [-0.2, -0.15) is 0 Å². The lowest BCUT2D eigenvalue weighted by atomic mass is 10.0. The van der Waals surface area contributed by atoms with Gasteiger partial charge in [-0.15, -0.1) is 0 Å². The van der Waals surface area contributed by atoms with Crippen LogP contribution in [0, 0.1) is 5.92 Å². The molecule has 5 nitrogen and oxygen atoms in total. The molecular weight excluding hydrogens is 244 g/mol. The number of carboxylic acids is 1. The van der Waals surface area contributed by atoms with Crippen molar-refractivity contribution < 1.29 is 14.7 Å². The van der Waals surface area contributed by atoms with Gasteiger partial charge < -0.3 is 10.4 Å². The lowest BCUT2D eigenvalue weighted by Crippen LogP contribution is -2.41. The Morgan fingerprint density at radius 1 is 1.42 bits per heavy atom. The highest BCUT2D eigenvalue weighted by atomic mass is 16.4. The highest BCUT2D eigenvalue weighted by Crippen LogP contribution is 2.07. The second kappa shape index (κ2) is 6.87. The first kappa shape index (κ1) is 15.1. The van der Waals surface area contributed by atoms with E-state index in [9.17, 15) is 9.59 Å². The van der Waals surface area contributed by atoms with Gasteiger partial charge in [-0.3, -0.25) is 9.78 Å². The first-order chi connectivity index (χ1) is 8.93. The monoisotopic (exact) mass is 264 g/mol. The van der Waals surface area contributed by atoms with Crippen molar-refractivity contribution in [1.29, 1.82) is 0 Å². The molecule has 1 rings (SSSR count). The maximum Gasteiger partial charge on any atom is 0.326 e. The van der Waals surface area contributed by atoms with E-state index in [0.717, 1.165) is 12.0 Å². The number of carboxylic acid groups (broad SMARTS) is 1. The molecule has 104 valence electrons. The predicted molar refractivity (Wildman–Crippen MR) is 72.0 cm³/mol. The number of aryl methyl sites for hydroxylation is 1. The molecule has 0 spiro atoms. The van der Waals surface area contributed by atoms with Gasteiger partial charge in [0, 0.05) is 6.20 Å².